The standard InChI is InChI=1S/C20H22N2O/c23-20(19-12-16-8-4-5-9-17(16)13-21-19)22-11-10-18(14-22)15-6-2-1-3-7-15/h1-9,18-19,21H,10-14H2. The van der Waals surface area contributed by atoms with Crippen molar-refractivity contribution in [3.63, 3.8) is 0 Å². The fourth-order valence-electron chi connectivity index (χ4n) is 3.81. The molecule has 1 fully saturated rings. The molecule has 0 bridgehead atoms. The number of nitrogens with one attached hydrogen (secondary N) is 1. The van der Waals surface area contributed by atoms with Crippen molar-refractivity contribution in [1.82, 2.24) is 10.2 Å². The van der Waals surface area contributed by atoms with Gasteiger partial charge in [-0.05, 0) is 29.5 Å². The van der Waals surface area contributed by atoms with Gasteiger partial charge in [0.2, 0.25) is 5.91 Å². The first-order valence-corrected chi connectivity index (χ1v) is 8.45. The molecule has 2 aromatic carbocycles. The van der Waals surface area contributed by atoms with Gasteiger partial charge in [-0.2, -0.15) is 0 Å². The van der Waals surface area contributed by atoms with Gasteiger partial charge in [0.05, 0.1) is 6.04 Å². The Kier molecular flexibility index (Phi) is 3.88. The lowest BCUT2D eigenvalue weighted by atomic mass is 9.95. The number of likely N-dealkylation sites (tertiary alicyclic amines) is 1. The summed E-state index contributed by atoms with van der Waals surface area (Å²) in [7, 11) is 0. The lowest BCUT2D eigenvalue weighted by molar-refractivity contribution is -0.132. The number of nitrogens with zero attached hydrogens (tertiary/aromatic N) is 1. The maximum atomic E-state index is 12.9. The van der Waals surface area contributed by atoms with Gasteiger partial charge >= 0.3 is 0 Å². The Labute approximate surface area is 137 Å². The van der Waals surface area contributed by atoms with E-state index in [4.69, 9.17) is 0 Å². The average molecular weight is 306 g/mol. The second kappa shape index (κ2) is 6.17. The molecule has 3 heteroatoms. The number of hydrogen-bond donors (Lipinski definition) is 1. The number of carbonyl (C=O) groups is 1. The van der Waals surface area contributed by atoms with Crippen molar-refractivity contribution in [3.8, 4) is 0 Å². The molecular formula is C20H22N2O. The van der Waals surface area contributed by atoms with E-state index in [1.165, 1.54) is 16.7 Å². The van der Waals surface area contributed by atoms with E-state index >= 15 is 0 Å². The highest BCUT2D eigenvalue weighted by Crippen LogP contribution is 2.28. The molecule has 2 aromatic rings. The molecule has 3 nitrogen and oxygen atoms in total. The van der Waals surface area contributed by atoms with Gasteiger partial charge in [-0.3, -0.25) is 4.79 Å². The number of benzene rings is 2. The van der Waals surface area contributed by atoms with Crippen LogP contribution in [0.5, 0.6) is 0 Å². The summed E-state index contributed by atoms with van der Waals surface area (Å²) in [6, 6.07) is 18.9. The van der Waals surface area contributed by atoms with Crippen LogP contribution in [-0.4, -0.2) is 29.9 Å². The number of fused-ring (bicyclic) bond motifs is 1. The smallest absolute Gasteiger partial charge is 0.240 e. The Bertz CT molecular complexity index is 698. The SMILES string of the molecule is O=C(C1Cc2ccccc2CN1)N1CCC(c2ccccc2)C1. The van der Waals surface area contributed by atoms with E-state index in [2.05, 4.69) is 53.8 Å². The Morgan fingerprint density at radius 2 is 1.74 bits per heavy atom. The molecular weight excluding hydrogens is 284 g/mol. The van der Waals surface area contributed by atoms with Crippen LogP contribution in [-0.2, 0) is 17.8 Å². The van der Waals surface area contributed by atoms with E-state index in [0.717, 1.165) is 32.5 Å². The van der Waals surface area contributed by atoms with E-state index < -0.39 is 0 Å². The largest absolute Gasteiger partial charge is 0.341 e. The maximum Gasteiger partial charge on any atom is 0.240 e. The first kappa shape index (κ1) is 14.5. The van der Waals surface area contributed by atoms with Crippen LogP contribution < -0.4 is 5.32 Å². The normalized spacial score (nSPS) is 23.6. The summed E-state index contributed by atoms with van der Waals surface area (Å²) >= 11 is 0. The van der Waals surface area contributed by atoms with Crippen LogP contribution in [0.1, 0.15) is 29.0 Å². The number of rotatable bonds is 2. The van der Waals surface area contributed by atoms with E-state index in [0.29, 0.717) is 5.92 Å². The number of hydrogen-bond acceptors (Lipinski definition) is 2. The predicted octanol–water partition coefficient (Wildman–Crippen LogP) is 2.72. The molecule has 1 amide bonds. The number of carbonyl (C=O) groups excluding carboxylic acids is 1. The third-order valence-electron chi connectivity index (χ3n) is 5.15. The third kappa shape index (κ3) is 2.89. The highest BCUT2D eigenvalue weighted by Gasteiger charge is 2.32. The lowest BCUT2D eigenvalue weighted by Crippen LogP contribution is -2.48. The zero-order valence-corrected chi connectivity index (χ0v) is 13.2. The molecule has 2 unspecified atom stereocenters. The Morgan fingerprint density at radius 1 is 1.00 bits per heavy atom. The molecule has 1 saturated heterocycles. The van der Waals surface area contributed by atoms with Crippen LogP contribution in [0.15, 0.2) is 54.6 Å². The van der Waals surface area contributed by atoms with Gasteiger partial charge in [-0.15, -0.1) is 0 Å². The quantitative estimate of drug-likeness (QED) is 0.925. The van der Waals surface area contributed by atoms with Crippen LogP contribution in [0.4, 0.5) is 0 Å². The summed E-state index contributed by atoms with van der Waals surface area (Å²) in [4.78, 5) is 14.9. The van der Waals surface area contributed by atoms with Gasteiger partial charge in [-0.25, -0.2) is 0 Å². The van der Waals surface area contributed by atoms with Gasteiger partial charge < -0.3 is 10.2 Å². The summed E-state index contributed by atoms with van der Waals surface area (Å²) < 4.78 is 0. The predicted molar refractivity (Wildman–Crippen MR) is 91.2 cm³/mol. The van der Waals surface area contributed by atoms with Crippen molar-refractivity contribution in [2.24, 2.45) is 0 Å². The highest BCUT2D eigenvalue weighted by atomic mass is 16.2. The molecule has 0 spiro atoms. The Morgan fingerprint density at radius 3 is 2.57 bits per heavy atom. The van der Waals surface area contributed by atoms with Gasteiger partial charge in [0, 0.05) is 25.6 Å². The number of amides is 1. The fourth-order valence-corrected chi connectivity index (χ4v) is 3.81. The van der Waals surface area contributed by atoms with E-state index in [9.17, 15) is 4.79 Å². The van der Waals surface area contributed by atoms with E-state index in [1.54, 1.807) is 0 Å². The topological polar surface area (TPSA) is 32.3 Å². The van der Waals surface area contributed by atoms with Gasteiger partial charge in [0.1, 0.15) is 0 Å². The van der Waals surface area contributed by atoms with Gasteiger partial charge in [-0.1, -0.05) is 54.6 Å². The second-order valence-electron chi connectivity index (χ2n) is 6.59. The molecule has 2 heterocycles. The van der Waals surface area contributed by atoms with Crippen molar-refractivity contribution in [2.75, 3.05) is 13.1 Å². The van der Waals surface area contributed by atoms with Crippen molar-refractivity contribution < 1.29 is 4.79 Å². The molecule has 0 radical (unpaired) electrons. The van der Waals surface area contributed by atoms with Gasteiger partial charge in [0.15, 0.2) is 0 Å². The summed E-state index contributed by atoms with van der Waals surface area (Å²) in [5.74, 6) is 0.744. The molecule has 4 rings (SSSR count). The van der Waals surface area contributed by atoms with Crippen LogP contribution in [0.2, 0.25) is 0 Å². The molecule has 1 N–H and O–H groups in total. The van der Waals surface area contributed by atoms with Crippen LogP contribution in [0.3, 0.4) is 0 Å². The first-order valence-electron chi connectivity index (χ1n) is 8.45. The summed E-state index contributed by atoms with van der Waals surface area (Å²) in [6.45, 7) is 2.52. The molecule has 2 aliphatic rings. The Hall–Kier alpha value is -2.13. The van der Waals surface area contributed by atoms with Crippen LogP contribution in [0.25, 0.3) is 0 Å². The highest BCUT2D eigenvalue weighted by molar-refractivity contribution is 5.83. The first-order chi connectivity index (χ1) is 11.3. The summed E-state index contributed by atoms with van der Waals surface area (Å²) in [5, 5.41) is 3.42. The van der Waals surface area contributed by atoms with Crippen molar-refractivity contribution in [2.45, 2.75) is 31.3 Å². The van der Waals surface area contributed by atoms with Crippen molar-refractivity contribution >= 4 is 5.91 Å². The van der Waals surface area contributed by atoms with Crippen molar-refractivity contribution in [1.29, 1.82) is 0 Å². The van der Waals surface area contributed by atoms with Crippen LogP contribution in [0, 0.1) is 0 Å². The monoisotopic (exact) mass is 306 g/mol. The van der Waals surface area contributed by atoms with Crippen molar-refractivity contribution in [3.05, 3.63) is 71.3 Å². The lowest BCUT2D eigenvalue weighted by Gasteiger charge is -2.29. The molecule has 2 atom stereocenters. The van der Waals surface area contributed by atoms with E-state index in [1.807, 2.05) is 11.0 Å². The average Bonchev–Trinajstić information content (AvgIpc) is 3.11. The summed E-state index contributed by atoms with van der Waals surface area (Å²) in [5.41, 5.74) is 3.98. The molecule has 0 aliphatic carbocycles. The minimum atomic E-state index is -0.0700. The molecule has 0 aromatic heterocycles. The third-order valence-corrected chi connectivity index (χ3v) is 5.15. The zero-order chi connectivity index (χ0) is 15.6. The zero-order valence-electron chi connectivity index (χ0n) is 13.2. The van der Waals surface area contributed by atoms with Crippen LogP contribution >= 0.6 is 0 Å². The minimum Gasteiger partial charge on any atom is -0.341 e. The molecule has 118 valence electrons. The van der Waals surface area contributed by atoms with Gasteiger partial charge in [0.25, 0.3) is 0 Å². The maximum absolute atomic E-state index is 12.9. The second-order valence-corrected chi connectivity index (χ2v) is 6.59. The summed E-state index contributed by atoms with van der Waals surface area (Å²) in [6.07, 6.45) is 1.88. The molecule has 0 saturated carbocycles. The Balaban J connectivity index is 1.43. The minimum absolute atomic E-state index is 0.0700. The van der Waals surface area contributed by atoms with E-state index in [-0.39, 0.29) is 11.9 Å². The molecule has 23 heavy (non-hydrogen) atoms. The molecule has 2 aliphatic heterocycles. The fraction of sp³-hybridized carbons (Fsp3) is 0.350.